The quantitative estimate of drug-likeness (QED) is 0.655. The molecule has 0 amide bonds. The third-order valence-electron chi connectivity index (χ3n) is 2.07. The third kappa shape index (κ3) is 1.77. The largest absolute Gasteiger partial charge is 0.399 e. The van der Waals surface area contributed by atoms with Crippen molar-refractivity contribution in [3.8, 4) is 0 Å². The molecule has 66 valence electrons. The minimum Gasteiger partial charge on any atom is -0.399 e. The van der Waals surface area contributed by atoms with Crippen LogP contribution in [0.1, 0.15) is 31.0 Å². The van der Waals surface area contributed by atoms with E-state index >= 15 is 0 Å². The van der Waals surface area contributed by atoms with Gasteiger partial charge in [-0.3, -0.25) is 0 Å². The Kier molecular flexibility index (Phi) is 2.71. The van der Waals surface area contributed by atoms with E-state index in [1.165, 1.54) is 5.56 Å². The Morgan fingerprint density at radius 1 is 1.42 bits per heavy atom. The fraction of sp³-hybridized carbons (Fsp3) is 0.400. The summed E-state index contributed by atoms with van der Waals surface area (Å²) in [4.78, 5) is 0. The molecule has 0 saturated carbocycles. The van der Waals surface area contributed by atoms with E-state index in [-0.39, 0.29) is 6.04 Å². The number of hydrogen-bond donors (Lipinski definition) is 2. The van der Waals surface area contributed by atoms with Crippen molar-refractivity contribution in [2.45, 2.75) is 26.3 Å². The van der Waals surface area contributed by atoms with Gasteiger partial charge in [0.15, 0.2) is 0 Å². The Hall–Kier alpha value is -1.02. The predicted octanol–water partition coefficient (Wildman–Crippen LogP) is 1.85. The summed E-state index contributed by atoms with van der Waals surface area (Å²) in [6.45, 7) is 4.07. The van der Waals surface area contributed by atoms with Gasteiger partial charge in [0.05, 0.1) is 0 Å². The zero-order valence-corrected chi connectivity index (χ0v) is 7.67. The highest BCUT2D eigenvalue weighted by Crippen LogP contribution is 2.18. The molecular weight excluding hydrogens is 148 g/mol. The van der Waals surface area contributed by atoms with Crippen LogP contribution in [0.3, 0.4) is 0 Å². The lowest BCUT2D eigenvalue weighted by atomic mass is 10.0. The van der Waals surface area contributed by atoms with Gasteiger partial charge in [0.2, 0.25) is 0 Å². The molecule has 1 unspecified atom stereocenters. The molecular formula is C10H16N2. The molecule has 4 N–H and O–H groups in total. The van der Waals surface area contributed by atoms with Crippen LogP contribution in [0, 0.1) is 0 Å². The fourth-order valence-corrected chi connectivity index (χ4v) is 1.22. The van der Waals surface area contributed by atoms with E-state index in [0.717, 1.165) is 17.7 Å². The number of hydrogen-bond acceptors (Lipinski definition) is 2. The molecule has 1 rings (SSSR count). The van der Waals surface area contributed by atoms with Gasteiger partial charge in [-0.15, -0.1) is 0 Å². The summed E-state index contributed by atoms with van der Waals surface area (Å²) in [5.74, 6) is 0. The summed E-state index contributed by atoms with van der Waals surface area (Å²) in [6.07, 6.45) is 0.965. The predicted molar refractivity (Wildman–Crippen MR) is 52.8 cm³/mol. The van der Waals surface area contributed by atoms with E-state index in [1.54, 1.807) is 0 Å². The molecule has 1 atom stereocenters. The molecule has 0 saturated heterocycles. The molecule has 0 heterocycles. The molecule has 0 bridgehead atoms. The van der Waals surface area contributed by atoms with E-state index in [9.17, 15) is 0 Å². The molecule has 2 heteroatoms. The molecule has 0 radical (unpaired) electrons. The molecule has 0 aliphatic carbocycles. The molecule has 2 nitrogen and oxygen atoms in total. The monoisotopic (exact) mass is 164 g/mol. The number of nitrogens with two attached hydrogens (primary N) is 2. The summed E-state index contributed by atoms with van der Waals surface area (Å²) in [5, 5.41) is 0. The van der Waals surface area contributed by atoms with Crippen molar-refractivity contribution < 1.29 is 0 Å². The summed E-state index contributed by atoms with van der Waals surface area (Å²) in [7, 11) is 0. The van der Waals surface area contributed by atoms with Crippen LogP contribution < -0.4 is 11.5 Å². The number of benzene rings is 1. The van der Waals surface area contributed by atoms with Crippen molar-refractivity contribution in [1.29, 1.82) is 0 Å². The SMILES string of the molecule is CCc1cc(C(C)N)ccc1N. The van der Waals surface area contributed by atoms with Gasteiger partial charge < -0.3 is 11.5 Å². The van der Waals surface area contributed by atoms with Gasteiger partial charge in [0.1, 0.15) is 0 Å². The van der Waals surface area contributed by atoms with E-state index < -0.39 is 0 Å². The minimum atomic E-state index is 0.0934. The highest BCUT2D eigenvalue weighted by molar-refractivity contribution is 5.49. The van der Waals surface area contributed by atoms with Gasteiger partial charge in [-0.2, -0.15) is 0 Å². The van der Waals surface area contributed by atoms with Gasteiger partial charge in [0, 0.05) is 11.7 Å². The molecule has 0 aromatic heterocycles. The molecule has 0 aliphatic heterocycles. The van der Waals surface area contributed by atoms with Crippen molar-refractivity contribution in [1.82, 2.24) is 0 Å². The van der Waals surface area contributed by atoms with Gasteiger partial charge in [-0.25, -0.2) is 0 Å². The molecule has 12 heavy (non-hydrogen) atoms. The van der Waals surface area contributed by atoms with E-state index in [1.807, 2.05) is 19.1 Å². The van der Waals surface area contributed by atoms with Gasteiger partial charge >= 0.3 is 0 Å². The van der Waals surface area contributed by atoms with Crippen LogP contribution in [-0.4, -0.2) is 0 Å². The smallest absolute Gasteiger partial charge is 0.0346 e. The van der Waals surface area contributed by atoms with Crippen LogP contribution in [0.2, 0.25) is 0 Å². The van der Waals surface area contributed by atoms with Gasteiger partial charge in [0.25, 0.3) is 0 Å². The first kappa shape index (κ1) is 9.07. The Labute approximate surface area is 73.6 Å². The minimum absolute atomic E-state index is 0.0934. The molecule has 0 spiro atoms. The number of aryl methyl sites for hydroxylation is 1. The maximum atomic E-state index is 5.76. The van der Waals surface area contributed by atoms with Crippen LogP contribution in [0.25, 0.3) is 0 Å². The first-order chi connectivity index (χ1) is 5.65. The molecule has 1 aromatic rings. The van der Waals surface area contributed by atoms with Gasteiger partial charge in [-0.1, -0.05) is 19.1 Å². The van der Waals surface area contributed by atoms with Crippen LogP contribution in [0.15, 0.2) is 18.2 Å². The van der Waals surface area contributed by atoms with E-state index in [0.29, 0.717) is 0 Å². The Morgan fingerprint density at radius 2 is 2.08 bits per heavy atom. The van der Waals surface area contributed by atoms with Crippen molar-refractivity contribution >= 4 is 5.69 Å². The topological polar surface area (TPSA) is 52.0 Å². The second-order valence-corrected chi connectivity index (χ2v) is 3.10. The van der Waals surface area contributed by atoms with Crippen LogP contribution in [0.4, 0.5) is 5.69 Å². The molecule has 1 aromatic carbocycles. The average Bonchev–Trinajstić information content (AvgIpc) is 2.05. The second-order valence-electron chi connectivity index (χ2n) is 3.10. The molecule has 0 fully saturated rings. The zero-order chi connectivity index (χ0) is 9.14. The number of anilines is 1. The zero-order valence-electron chi connectivity index (χ0n) is 7.67. The standard InChI is InChI=1S/C10H16N2/c1-3-8-6-9(7(2)11)4-5-10(8)12/h4-7H,3,11-12H2,1-2H3. The summed E-state index contributed by atoms with van der Waals surface area (Å²) >= 11 is 0. The summed E-state index contributed by atoms with van der Waals surface area (Å²) in [6, 6.07) is 6.09. The highest BCUT2D eigenvalue weighted by atomic mass is 14.6. The lowest BCUT2D eigenvalue weighted by Crippen LogP contribution is -2.06. The third-order valence-corrected chi connectivity index (χ3v) is 2.07. The first-order valence-corrected chi connectivity index (χ1v) is 4.29. The van der Waals surface area contributed by atoms with Crippen LogP contribution >= 0.6 is 0 Å². The Morgan fingerprint density at radius 3 is 2.58 bits per heavy atom. The second kappa shape index (κ2) is 3.59. The summed E-state index contributed by atoms with van der Waals surface area (Å²) < 4.78 is 0. The maximum absolute atomic E-state index is 5.76. The van der Waals surface area contributed by atoms with Gasteiger partial charge in [-0.05, 0) is 30.5 Å². The van der Waals surface area contributed by atoms with Crippen molar-refractivity contribution in [3.63, 3.8) is 0 Å². The Bertz CT molecular complexity index is 267. The fourth-order valence-electron chi connectivity index (χ4n) is 1.22. The molecule has 0 aliphatic rings. The number of rotatable bonds is 2. The van der Waals surface area contributed by atoms with Crippen LogP contribution in [-0.2, 0) is 6.42 Å². The lowest BCUT2D eigenvalue weighted by Gasteiger charge is -2.09. The van der Waals surface area contributed by atoms with Crippen molar-refractivity contribution in [2.75, 3.05) is 5.73 Å². The van der Waals surface area contributed by atoms with E-state index in [4.69, 9.17) is 11.5 Å². The highest BCUT2D eigenvalue weighted by Gasteiger charge is 2.02. The first-order valence-electron chi connectivity index (χ1n) is 4.29. The summed E-state index contributed by atoms with van der Waals surface area (Å²) in [5.41, 5.74) is 14.7. The average molecular weight is 164 g/mol. The van der Waals surface area contributed by atoms with E-state index in [2.05, 4.69) is 13.0 Å². The van der Waals surface area contributed by atoms with Crippen molar-refractivity contribution in [3.05, 3.63) is 29.3 Å². The number of nitrogen functional groups attached to an aromatic ring is 1. The lowest BCUT2D eigenvalue weighted by molar-refractivity contribution is 0.815. The Balaban J connectivity index is 3.05. The van der Waals surface area contributed by atoms with Crippen molar-refractivity contribution in [2.24, 2.45) is 5.73 Å². The van der Waals surface area contributed by atoms with Crippen LogP contribution in [0.5, 0.6) is 0 Å². The normalized spacial score (nSPS) is 12.9. The maximum Gasteiger partial charge on any atom is 0.0346 e.